The zero-order chi connectivity index (χ0) is 41.8. The van der Waals surface area contributed by atoms with E-state index >= 15 is 0 Å². The first-order valence-electron chi connectivity index (χ1n) is 21.6. The molecule has 2 heterocycles. The Balaban J connectivity index is 1.44. The van der Waals surface area contributed by atoms with Crippen LogP contribution in [0.25, 0.3) is 21.9 Å². The van der Waals surface area contributed by atoms with Gasteiger partial charge < -0.3 is 9.80 Å². The van der Waals surface area contributed by atoms with E-state index in [1.54, 1.807) is 0 Å². The van der Waals surface area contributed by atoms with Gasteiger partial charge >= 0.3 is 0 Å². The van der Waals surface area contributed by atoms with Gasteiger partial charge in [-0.2, -0.15) is 0 Å². The molecule has 0 bridgehead atoms. The van der Waals surface area contributed by atoms with Crippen molar-refractivity contribution < 1.29 is 0 Å². The highest BCUT2D eigenvalue weighted by molar-refractivity contribution is 7.00. The second-order valence-corrected chi connectivity index (χ2v) is 21.2. The summed E-state index contributed by atoms with van der Waals surface area (Å²) in [7, 11) is 0. The largest absolute Gasteiger partial charge is 0.311 e. The minimum absolute atomic E-state index is 0.0149. The van der Waals surface area contributed by atoms with Crippen molar-refractivity contribution in [2.24, 2.45) is 0 Å². The van der Waals surface area contributed by atoms with Gasteiger partial charge in [0.05, 0.1) is 5.69 Å². The van der Waals surface area contributed by atoms with Crippen LogP contribution < -0.4 is 26.2 Å². The second-order valence-electron chi connectivity index (χ2n) is 21.2. The van der Waals surface area contributed by atoms with Crippen molar-refractivity contribution in [2.45, 2.75) is 105 Å². The van der Waals surface area contributed by atoms with E-state index in [0.29, 0.717) is 0 Å². The van der Waals surface area contributed by atoms with Crippen molar-refractivity contribution in [2.75, 3.05) is 9.80 Å². The van der Waals surface area contributed by atoms with E-state index in [9.17, 15) is 0 Å². The van der Waals surface area contributed by atoms with Crippen molar-refractivity contribution in [3.05, 3.63) is 162 Å². The molecule has 7 aromatic carbocycles. The van der Waals surface area contributed by atoms with Crippen LogP contribution in [0.5, 0.6) is 0 Å². The number of benzene rings is 7. The van der Waals surface area contributed by atoms with Gasteiger partial charge in [-0.3, -0.25) is 0 Å². The summed E-state index contributed by atoms with van der Waals surface area (Å²) < 4.78 is 0. The Morgan fingerprint density at radius 2 is 0.847 bits per heavy atom. The lowest BCUT2D eigenvalue weighted by molar-refractivity contribution is 0.590. The van der Waals surface area contributed by atoms with Crippen LogP contribution in [0.4, 0.5) is 34.1 Å². The fourth-order valence-corrected chi connectivity index (χ4v) is 9.32. The van der Waals surface area contributed by atoms with Gasteiger partial charge in [0, 0.05) is 33.8 Å². The molecule has 0 aliphatic carbocycles. The Bertz CT molecular complexity index is 2760. The number of anilines is 6. The quantitative estimate of drug-likeness (QED) is 0.165. The molecule has 0 aromatic heterocycles. The number of nitrogens with zero attached hydrogens (tertiary/aromatic N) is 2. The van der Waals surface area contributed by atoms with Gasteiger partial charge in [0.25, 0.3) is 6.71 Å². The third-order valence-electron chi connectivity index (χ3n) is 12.9. The minimum Gasteiger partial charge on any atom is -0.311 e. The molecule has 2 nitrogen and oxygen atoms in total. The summed E-state index contributed by atoms with van der Waals surface area (Å²) in [6, 6.07) is 53.9. The average Bonchev–Trinajstić information content (AvgIpc) is 3.19. The molecule has 0 spiro atoms. The van der Waals surface area contributed by atoms with Gasteiger partial charge in [0.2, 0.25) is 0 Å². The van der Waals surface area contributed by atoms with Crippen LogP contribution in [0.2, 0.25) is 0 Å². The van der Waals surface area contributed by atoms with Crippen LogP contribution in [0.15, 0.2) is 140 Å². The highest BCUT2D eigenvalue weighted by atomic mass is 15.2. The van der Waals surface area contributed by atoms with Gasteiger partial charge in [-0.05, 0) is 119 Å². The first-order valence-corrected chi connectivity index (χ1v) is 21.6. The monoisotopic (exact) mass is 770 g/mol. The summed E-state index contributed by atoms with van der Waals surface area (Å²) in [5.41, 5.74) is 19.3. The molecule has 9 rings (SSSR count). The molecule has 0 amide bonds. The maximum absolute atomic E-state index is 2.59. The Morgan fingerprint density at radius 1 is 0.356 bits per heavy atom. The van der Waals surface area contributed by atoms with Crippen LogP contribution in [0.1, 0.15) is 105 Å². The van der Waals surface area contributed by atoms with Crippen molar-refractivity contribution in [1.82, 2.24) is 0 Å². The summed E-state index contributed by atoms with van der Waals surface area (Å²) in [6.07, 6.45) is 0. The molecule has 2 aliphatic heterocycles. The molecule has 59 heavy (non-hydrogen) atoms. The fourth-order valence-electron chi connectivity index (χ4n) is 9.32. The van der Waals surface area contributed by atoms with E-state index in [1.165, 1.54) is 94.7 Å². The lowest BCUT2D eigenvalue weighted by Crippen LogP contribution is -2.61. The molecule has 7 aromatic rings. The summed E-state index contributed by atoms with van der Waals surface area (Å²) >= 11 is 0. The first-order chi connectivity index (χ1) is 27.8. The Morgan fingerprint density at radius 3 is 1.44 bits per heavy atom. The standard InChI is InChI=1S/C56H59BN2/c1-53(2,3)39-23-27-43(28-24-39)58-48-29-25-41(55(7,8)9)34-45(48)57-46-35-42(56(10,11)12)26-30-49(46)59(47-22-16-18-36-17-13-14-21-44(36)47)51-33-38(32-50(58)52(51)57)37-19-15-20-40(31-37)54(4,5)6/h13-35H,1-12H3. The Kier molecular flexibility index (Phi) is 8.91. The summed E-state index contributed by atoms with van der Waals surface area (Å²) in [5, 5.41) is 2.48. The molecule has 0 N–H and O–H groups in total. The van der Waals surface area contributed by atoms with Gasteiger partial charge in [0.15, 0.2) is 0 Å². The molecule has 296 valence electrons. The molecule has 3 heteroatoms. The smallest absolute Gasteiger partial charge is 0.252 e. The predicted molar refractivity (Wildman–Crippen MR) is 258 cm³/mol. The highest BCUT2D eigenvalue weighted by Gasteiger charge is 2.45. The summed E-state index contributed by atoms with van der Waals surface area (Å²) in [5.74, 6) is 0. The normalized spacial score (nSPS) is 14.0. The lowest BCUT2D eigenvalue weighted by Gasteiger charge is -2.45. The van der Waals surface area contributed by atoms with Gasteiger partial charge in [-0.15, -0.1) is 0 Å². The second kappa shape index (κ2) is 13.5. The Hall–Kier alpha value is -5.54. The SMILES string of the molecule is CC(C)(C)c1ccc(N2c3ccc(C(C)(C)C)cc3B3c4cc(C(C)(C)C)ccc4N(c4cccc5ccccc45)c4cc(-c5cccc(C(C)(C)C)c5)cc2c43)cc1. The third-order valence-corrected chi connectivity index (χ3v) is 12.9. The number of fused-ring (bicyclic) bond motifs is 5. The van der Waals surface area contributed by atoms with Gasteiger partial charge in [-0.1, -0.05) is 180 Å². The van der Waals surface area contributed by atoms with E-state index in [0.717, 1.165) is 0 Å². The van der Waals surface area contributed by atoms with Crippen molar-refractivity contribution in [3.63, 3.8) is 0 Å². The molecular formula is C56H59BN2. The third kappa shape index (κ3) is 6.68. The summed E-state index contributed by atoms with van der Waals surface area (Å²) in [4.78, 5) is 5.16. The van der Waals surface area contributed by atoms with Crippen LogP contribution in [0.3, 0.4) is 0 Å². The Labute approximate surface area is 354 Å². The average molecular weight is 771 g/mol. The first kappa shape index (κ1) is 39.0. The van der Waals surface area contributed by atoms with Crippen LogP contribution in [0, 0.1) is 0 Å². The van der Waals surface area contributed by atoms with Crippen molar-refractivity contribution in [3.8, 4) is 11.1 Å². The van der Waals surface area contributed by atoms with E-state index in [1.807, 2.05) is 0 Å². The minimum atomic E-state index is -0.0179. The topological polar surface area (TPSA) is 6.48 Å². The number of hydrogen-bond acceptors (Lipinski definition) is 2. The van der Waals surface area contributed by atoms with E-state index in [4.69, 9.17) is 0 Å². The molecular weight excluding hydrogens is 711 g/mol. The molecule has 0 saturated heterocycles. The van der Waals surface area contributed by atoms with Gasteiger partial charge in [-0.25, -0.2) is 0 Å². The number of rotatable bonds is 3. The van der Waals surface area contributed by atoms with Crippen molar-refractivity contribution in [1.29, 1.82) is 0 Å². The maximum atomic E-state index is 2.59. The highest BCUT2D eigenvalue weighted by Crippen LogP contribution is 2.48. The predicted octanol–water partition coefficient (Wildman–Crippen LogP) is 13.8. The molecule has 0 saturated carbocycles. The molecule has 0 fully saturated rings. The van der Waals surface area contributed by atoms with Crippen LogP contribution >= 0.6 is 0 Å². The van der Waals surface area contributed by atoms with Crippen LogP contribution in [-0.2, 0) is 21.7 Å². The van der Waals surface area contributed by atoms with Crippen LogP contribution in [-0.4, -0.2) is 6.71 Å². The number of hydrogen-bond donors (Lipinski definition) is 0. The van der Waals surface area contributed by atoms with E-state index < -0.39 is 0 Å². The molecule has 0 unspecified atom stereocenters. The zero-order valence-electron chi connectivity index (χ0n) is 37.3. The maximum Gasteiger partial charge on any atom is 0.252 e. The van der Waals surface area contributed by atoms with Crippen molar-refractivity contribution >= 4 is 68.0 Å². The fraction of sp³-hybridized carbons (Fsp3) is 0.286. The van der Waals surface area contributed by atoms with Gasteiger partial charge in [0.1, 0.15) is 0 Å². The summed E-state index contributed by atoms with van der Waals surface area (Å²) in [6.45, 7) is 27.9. The molecule has 2 aliphatic rings. The van der Waals surface area contributed by atoms with E-state index in [2.05, 4.69) is 232 Å². The molecule has 0 atom stereocenters. The zero-order valence-corrected chi connectivity index (χ0v) is 37.3. The molecule has 0 radical (unpaired) electrons. The van der Waals surface area contributed by atoms with E-state index in [-0.39, 0.29) is 28.4 Å². The lowest BCUT2D eigenvalue weighted by atomic mass is 9.33.